The Bertz CT molecular complexity index is 1300. The van der Waals surface area contributed by atoms with Crippen LogP contribution in [0.1, 0.15) is 65.3 Å². The Balaban J connectivity index is 1.22. The van der Waals surface area contributed by atoms with Crippen LogP contribution in [-0.4, -0.2) is 35.7 Å². The summed E-state index contributed by atoms with van der Waals surface area (Å²) in [4.78, 5) is 39.0. The van der Waals surface area contributed by atoms with Crippen LogP contribution in [-0.2, 0) is 15.8 Å². The van der Waals surface area contributed by atoms with Gasteiger partial charge in [0.15, 0.2) is 0 Å². The number of halogens is 3. The molecule has 1 aromatic heterocycles. The van der Waals surface area contributed by atoms with Crippen LogP contribution in [0, 0.1) is 6.92 Å². The second-order valence-electron chi connectivity index (χ2n) is 9.58. The number of nitrogens with zero attached hydrogens (tertiary/aromatic N) is 1. The number of likely N-dealkylation sites (tertiary alicyclic amines) is 1. The number of para-hydroxylation sites is 1. The molecule has 4 rings (SSSR count). The van der Waals surface area contributed by atoms with Gasteiger partial charge in [-0.05, 0) is 61.9 Å². The molecule has 10 heteroatoms. The Hall–Kier alpha value is -4.08. The molecule has 2 heterocycles. The van der Waals surface area contributed by atoms with Crippen molar-refractivity contribution in [3.63, 3.8) is 0 Å². The van der Waals surface area contributed by atoms with Gasteiger partial charge in [-0.25, -0.2) is 0 Å². The van der Waals surface area contributed by atoms with Crippen LogP contribution in [0.2, 0.25) is 0 Å². The van der Waals surface area contributed by atoms with Crippen molar-refractivity contribution < 1.29 is 32.0 Å². The molecule has 1 saturated heterocycles. The monoisotopic (exact) mass is 541 g/mol. The van der Waals surface area contributed by atoms with Crippen LogP contribution in [0.3, 0.4) is 0 Å². The molecule has 0 aliphatic carbocycles. The molecule has 39 heavy (non-hydrogen) atoms. The summed E-state index contributed by atoms with van der Waals surface area (Å²) < 4.78 is 44.4. The van der Waals surface area contributed by atoms with E-state index in [1.807, 2.05) is 47.4 Å². The van der Waals surface area contributed by atoms with E-state index in [-0.39, 0.29) is 29.9 Å². The number of carbonyl (C=O) groups excluding carboxylic acids is 3. The zero-order valence-corrected chi connectivity index (χ0v) is 21.5. The summed E-state index contributed by atoms with van der Waals surface area (Å²) >= 11 is 0. The van der Waals surface area contributed by atoms with E-state index in [1.54, 1.807) is 12.1 Å². The highest BCUT2D eigenvalue weighted by Crippen LogP contribution is 2.35. The minimum absolute atomic E-state index is 0.0341. The van der Waals surface area contributed by atoms with Gasteiger partial charge in [0.2, 0.25) is 11.8 Å². The molecule has 0 bridgehead atoms. The molecule has 0 atom stereocenters. The second kappa shape index (κ2) is 12.2. The fourth-order valence-corrected chi connectivity index (χ4v) is 4.74. The Morgan fingerprint density at radius 1 is 0.923 bits per heavy atom. The van der Waals surface area contributed by atoms with Gasteiger partial charge >= 0.3 is 6.18 Å². The lowest BCUT2D eigenvalue weighted by Gasteiger charge is -2.32. The summed E-state index contributed by atoms with van der Waals surface area (Å²) in [6.45, 7) is 2.53. The summed E-state index contributed by atoms with van der Waals surface area (Å²) in [6, 6.07) is 16.2. The zero-order chi connectivity index (χ0) is 28.0. The standard InChI is InChI=1S/C29H30F3N3O4/c1-19-27(24(18-39-19)29(30,31)32)28(38)34-23-12-10-20(11-13-23)21-14-16-35(17-15-21)26(37)9-5-8-25(36)33-22-6-3-2-4-7-22/h2-4,6-7,10-13,18,21H,5,8-9,14-17H2,1H3,(H,33,36)(H,34,38). The van der Waals surface area contributed by atoms with Crippen molar-refractivity contribution in [2.45, 2.75) is 51.1 Å². The van der Waals surface area contributed by atoms with Crippen LogP contribution in [0.25, 0.3) is 0 Å². The minimum atomic E-state index is -4.69. The number of piperidine rings is 1. The molecule has 0 spiro atoms. The third kappa shape index (κ3) is 7.28. The maximum absolute atomic E-state index is 13.2. The third-order valence-electron chi connectivity index (χ3n) is 6.85. The van der Waals surface area contributed by atoms with Crippen molar-refractivity contribution in [3.05, 3.63) is 83.3 Å². The molecule has 1 aliphatic rings. The molecule has 206 valence electrons. The maximum atomic E-state index is 13.2. The van der Waals surface area contributed by atoms with Gasteiger partial charge < -0.3 is 20.0 Å². The number of hydrogen-bond donors (Lipinski definition) is 2. The fourth-order valence-electron chi connectivity index (χ4n) is 4.74. The Morgan fingerprint density at radius 3 is 2.21 bits per heavy atom. The zero-order valence-electron chi connectivity index (χ0n) is 21.5. The number of hydrogen-bond acceptors (Lipinski definition) is 4. The van der Waals surface area contributed by atoms with E-state index in [4.69, 9.17) is 4.42 Å². The molecule has 3 aromatic rings. The van der Waals surface area contributed by atoms with Gasteiger partial charge in [0.25, 0.3) is 5.91 Å². The average Bonchev–Trinajstić information content (AvgIpc) is 3.32. The number of nitrogens with one attached hydrogen (secondary N) is 2. The first-order valence-corrected chi connectivity index (χ1v) is 12.8. The quantitative estimate of drug-likeness (QED) is 0.347. The van der Waals surface area contributed by atoms with Crippen LogP contribution < -0.4 is 10.6 Å². The number of amides is 3. The topological polar surface area (TPSA) is 91.7 Å². The number of furan rings is 1. The first-order chi connectivity index (χ1) is 18.6. The Morgan fingerprint density at radius 2 is 1.56 bits per heavy atom. The highest BCUT2D eigenvalue weighted by Gasteiger charge is 2.38. The number of rotatable bonds is 8. The van der Waals surface area contributed by atoms with Crippen LogP contribution >= 0.6 is 0 Å². The van der Waals surface area contributed by atoms with Gasteiger partial charge in [-0.15, -0.1) is 0 Å². The Kier molecular flexibility index (Phi) is 8.73. The van der Waals surface area contributed by atoms with Crippen molar-refractivity contribution in [2.24, 2.45) is 0 Å². The van der Waals surface area contributed by atoms with E-state index < -0.39 is 23.2 Å². The lowest BCUT2D eigenvalue weighted by molar-refractivity contribution is -0.138. The molecule has 0 saturated carbocycles. The number of carbonyl (C=O) groups is 3. The third-order valence-corrected chi connectivity index (χ3v) is 6.85. The highest BCUT2D eigenvalue weighted by molar-refractivity contribution is 6.06. The van der Waals surface area contributed by atoms with Crippen molar-refractivity contribution in [1.82, 2.24) is 4.90 Å². The number of aryl methyl sites for hydroxylation is 1. The van der Waals surface area contributed by atoms with Crippen molar-refractivity contribution in [2.75, 3.05) is 23.7 Å². The van der Waals surface area contributed by atoms with Gasteiger partial charge in [-0.1, -0.05) is 30.3 Å². The summed E-state index contributed by atoms with van der Waals surface area (Å²) in [5.74, 6) is -0.845. The van der Waals surface area contributed by atoms with E-state index in [9.17, 15) is 27.6 Å². The first kappa shape index (κ1) is 27.9. The van der Waals surface area contributed by atoms with E-state index >= 15 is 0 Å². The van der Waals surface area contributed by atoms with Crippen molar-refractivity contribution >= 4 is 29.1 Å². The lowest BCUT2D eigenvalue weighted by Crippen LogP contribution is -2.37. The maximum Gasteiger partial charge on any atom is 0.420 e. The second-order valence-corrected chi connectivity index (χ2v) is 9.58. The SMILES string of the molecule is Cc1occ(C(F)(F)F)c1C(=O)Nc1ccc(C2CCN(C(=O)CCCC(=O)Nc3ccccc3)CC2)cc1. The van der Waals surface area contributed by atoms with Crippen molar-refractivity contribution in [1.29, 1.82) is 0 Å². The van der Waals surface area contributed by atoms with E-state index in [0.29, 0.717) is 37.9 Å². The van der Waals surface area contributed by atoms with E-state index in [2.05, 4.69) is 10.6 Å². The van der Waals surface area contributed by atoms with Crippen LogP contribution in [0.15, 0.2) is 65.3 Å². The normalized spacial score (nSPS) is 14.2. The van der Waals surface area contributed by atoms with Crippen LogP contribution in [0.5, 0.6) is 0 Å². The summed E-state index contributed by atoms with van der Waals surface area (Å²) in [7, 11) is 0. The largest absolute Gasteiger partial charge is 0.468 e. The molecule has 0 unspecified atom stereocenters. The predicted molar refractivity (Wildman–Crippen MR) is 140 cm³/mol. The number of anilines is 2. The predicted octanol–water partition coefficient (Wildman–Crippen LogP) is 6.37. The van der Waals surface area contributed by atoms with E-state index in [0.717, 1.165) is 24.1 Å². The van der Waals surface area contributed by atoms with Gasteiger partial charge in [0.05, 0.1) is 5.56 Å². The molecule has 2 aromatic carbocycles. The Labute approximate surface area is 224 Å². The van der Waals surface area contributed by atoms with Gasteiger partial charge in [-0.2, -0.15) is 13.2 Å². The lowest BCUT2D eigenvalue weighted by atomic mass is 9.89. The summed E-state index contributed by atoms with van der Waals surface area (Å²) in [6.07, 6.45) is -1.53. The first-order valence-electron chi connectivity index (χ1n) is 12.8. The van der Waals surface area contributed by atoms with Gasteiger partial charge in [0.1, 0.15) is 17.6 Å². The molecule has 2 N–H and O–H groups in total. The average molecular weight is 542 g/mol. The minimum Gasteiger partial charge on any atom is -0.468 e. The summed E-state index contributed by atoms with van der Waals surface area (Å²) in [5.41, 5.74) is 0.510. The molecule has 3 amide bonds. The molecule has 1 aliphatic heterocycles. The summed E-state index contributed by atoms with van der Waals surface area (Å²) in [5, 5.41) is 5.33. The molecule has 1 fully saturated rings. The molecule has 7 nitrogen and oxygen atoms in total. The van der Waals surface area contributed by atoms with Crippen molar-refractivity contribution in [3.8, 4) is 0 Å². The highest BCUT2D eigenvalue weighted by atomic mass is 19.4. The molecular weight excluding hydrogens is 511 g/mol. The van der Waals surface area contributed by atoms with Gasteiger partial charge in [0, 0.05) is 37.3 Å². The van der Waals surface area contributed by atoms with Gasteiger partial charge in [-0.3, -0.25) is 14.4 Å². The number of benzene rings is 2. The van der Waals surface area contributed by atoms with Crippen LogP contribution in [0.4, 0.5) is 24.5 Å². The fraction of sp³-hybridized carbons (Fsp3) is 0.345. The van der Waals surface area contributed by atoms with E-state index in [1.165, 1.54) is 6.92 Å². The molecular formula is C29H30F3N3O4. The number of alkyl halides is 3. The molecule has 0 radical (unpaired) electrons. The smallest absolute Gasteiger partial charge is 0.420 e.